The first-order chi connectivity index (χ1) is 16.6. The number of hydrogen-bond acceptors (Lipinski definition) is 8. The lowest BCUT2D eigenvalue weighted by Gasteiger charge is -2.19. The van der Waals surface area contributed by atoms with Crippen LogP contribution in [0.4, 0.5) is 13.2 Å². The van der Waals surface area contributed by atoms with Crippen molar-refractivity contribution in [3.8, 4) is 0 Å². The van der Waals surface area contributed by atoms with Crippen LogP contribution < -0.4 is 10.6 Å². The quantitative estimate of drug-likeness (QED) is 0.318. The monoisotopic (exact) mass is 493 g/mol. The van der Waals surface area contributed by atoms with Gasteiger partial charge in [0.2, 0.25) is 5.78 Å². The van der Waals surface area contributed by atoms with E-state index in [1.165, 1.54) is 29.6 Å². The highest BCUT2D eigenvalue weighted by atomic mass is 19.4. The average molecular weight is 493 g/mol. The Morgan fingerprint density at radius 3 is 2.46 bits per heavy atom. The summed E-state index contributed by atoms with van der Waals surface area (Å²) in [4.78, 5) is 36.3. The molecule has 1 aromatic carbocycles. The number of ether oxygens (including phenoxy) is 1. The number of allylic oxidation sites excluding steroid dienone is 1. The smallest absolute Gasteiger partial charge is 0.381 e. The molecule has 0 saturated heterocycles. The second-order valence-electron chi connectivity index (χ2n) is 7.77. The zero-order valence-electron chi connectivity index (χ0n) is 18.6. The molecule has 0 saturated carbocycles. The predicted molar refractivity (Wildman–Crippen MR) is 115 cm³/mol. The van der Waals surface area contributed by atoms with Crippen molar-refractivity contribution in [2.75, 3.05) is 19.8 Å². The van der Waals surface area contributed by atoms with Crippen molar-refractivity contribution in [3.63, 3.8) is 0 Å². The molecule has 0 aliphatic carbocycles. The van der Waals surface area contributed by atoms with Gasteiger partial charge in [0, 0.05) is 30.2 Å². The second kappa shape index (κ2) is 11.0. The van der Waals surface area contributed by atoms with E-state index in [9.17, 15) is 27.6 Å². The van der Waals surface area contributed by atoms with Crippen molar-refractivity contribution >= 4 is 23.4 Å². The van der Waals surface area contributed by atoms with Crippen molar-refractivity contribution in [1.82, 2.24) is 20.9 Å². The van der Waals surface area contributed by atoms with Gasteiger partial charge in [-0.05, 0) is 42.6 Å². The Bertz CT molecular complexity index is 1140. The fourth-order valence-corrected chi connectivity index (χ4v) is 3.28. The topological polar surface area (TPSA) is 147 Å². The number of nitrogens with zero attached hydrogens (tertiary/aromatic N) is 2. The molecule has 0 fully saturated rings. The largest absolute Gasteiger partial charge is 0.471 e. The number of nitrogens with one attached hydrogen (secondary N) is 3. The summed E-state index contributed by atoms with van der Waals surface area (Å²) in [6.45, 7) is 2.50. The Morgan fingerprint density at radius 1 is 1.14 bits per heavy atom. The molecule has 2 heterocycles. The normalized spacial score (nSPS) is 16.5. The lowest BCUT2D eigenvalue weighted by Crippen LogP contribution is -2.40. The van der Waals surface area contributed by atoms with Gasteiger partial charge in [-0.25, -0.2) is 4.63 Å². The fraction of sp³-hybridized carbons (Fsp3) is 0.364. The van der Waals surface area contributed by atoms with E-state index in [1.54, 1.807) is 13.0 Å². The first kappa shape index (κ1) is 25.7. The summed E-state index contributed by atoms with van der Waals surface area (Å²) in [7, 11) is 0. The molecule has 2 amide bonds. The number of alkyl halides is 3. The van der Waals surface area contributed by atoms with Crippen LogP contribution in [0.2, 0.25) is 0 Å². The number of Topliss-reactive ketones (excluding diaryl/α,β-unsaturated/α-hetero) is 1. The van der Waals surface area contributed by atoms with E-state index >= 15 is 0 Å². The van der Waals surface area contributed by atoms with E-state index in [2.05, 4.69) is 20.3 Å². The zero-order chi connectivity index (χ0) is 25.6. The van der Waals surface area contributed by atoms with Crippen molar-refractivity contribution < 1.29 is 36.9 Å². The Kier molecular flexibility index (Phi) is 8.12. The van der Waals surface area contributed by atoms with Crippen LogP contribution in [-0.4, -0.2) is 59.7 Å². The van der Waals surface area contributed by atoms with Crippen LogP contribution in [0.15, 0.2) is 40.5 Å². The summed E-state index contributed by atoms with van der Waals surface area (Å²) in [5.41, 5.74) is 1.23. The van der Waals surface area contributed by atoms with Crippen molar-refractivity contribution in [2.24, 2.45) is 5.92 Å². The number of aromatic nitrogens is 2. The standard InChI is InChI=1S/C22H22F3N5O5/c1-12-17(30-35-29-12)18(31)16-3-2-8-34-11-13(9-16)10-27-20(32)15-6-4-14(5-7-15)19(26)28-21(33)22(23,24)25/h4-7,9,13H,2-3,8,10-11H2,1H3,(H,27,32)(H2,26,28,33)/t13-/m0/s1. The van der Waals surface area contributed by atoms with Gasteiger partial charge in [0.25, 0.3) is 5.91 Å². The van der Waals surface area contributed by atoms with E-state index in [1.807, 2.05) is 0 Å². The molecular formula is C22H22F3N5O5. The van der Waals surface area contributed by atoms with E-state index < -0.39 is 23.8 Å². The third-order valence-corrected chi connectivity index (χ3v) is 5.12. The molecule has 0 unspecified atom stereocenters. The van der Waals surface area contributed by atoms with Crippen LogP contribution in [0.1, 0.15) is 44.9 Å². The maximum absolute atomic E-state index is 12.8. The molecule has 0 radical (unpaired) electrons. The molecule has 0 bridgehead atoms. The summed E-state index contributed by atoms with van der Waals surface area (Å²) in [6, 6.07) is 5.13. The lowest BCUT2D eigenvalue weighted by molar-refractivity contribution is -0.171. The average Bonchev–Trinajstić information content (AvgIpc) is 3.23. The molecule has 0 spiro atoms. The Morgan fingerprint density at radius 2 is 1.83 bits per heavy atom. The van der Waals surface area contributed by atoms with Crippen molar-refractivity contribution in [3.05, 3.63) is 58.4 Å². The number of benzene rings is 1. The SMILES string of the molecule is Cc1nonc1C(=O)C1=C[C@@H](CNC(=O)c2ccc(C(=N)NC(=O)C(F)(F)F)cc2)COCCC1. The number of halogens is 3. The van der Waals surface area contributed by atoms with E-state index in [0.717, 1.165) is 0 Å². The maximum atomic E-state index is 12.8. The predicted octanol–water partition coefficient (Wildman–Crippen LogP) is 2.35. The maximum Gasteiger partial charge on any atom is 0.471 e. The molecule has 3 rings (SSSR count). The first-order valence-corrected chi connectivity index (χ1v) is 10.5. The summed E-state index contributed by atoms with van der Waals surface area (Å²) in [6.07, 6.45) is -2.26. The highest BCUT2D eigenvalue weighted by molar-refractivity contribution is 6.08. The number of carbonyl (C=O) groups is 3. The minimum absolute atomic E-state index is 0.00343. The molecule has 35 heavy (non-hydrogen) atoms. The van der Waals surface area contributed by atoms with Crippen molar-refractivity contribution in [1.29, 1.82) is 5.41 Å². The van der Waals surface area contributed by atoms with Gasteiger partial charge in [0.1, 0.15) is 11.5 Å². The van der Waals surface area contributed by atoms with Crippen LogP contribution in [0.3, 0.4) is 0 Å². The summed E-state index contributed by atoms with van der Waals surface area (Å²) < 4.78 is 47.2. The molecule has 1 aromatic heterocycles. The third-order valence-electron chi connectivity index (χ3n) is 5.12. The second-order valence-corrected chi connectivity index (χ2v) is 7.77. The minimum atomic E-state index is -5.11. The van der Waals surface area contributed by atoms with E-state index in [4.69, 9.17) is 10.1 Å². The van der Waals surface area contributed by atoms with Gasteiger partial charge < -0.3 is 15.4 Å². The van der Waals surface area contributed by atoms with Crippen molar-refractivity contribution in [2.45, 2.75) is 25.9 Å². The van der Waals surface area contributed by atoms with E-state index in [0.29, 0.717) is 30.7 Å². The number of amides is 2. The number of rotatable bonds is 6. The van der Waals surface area contributed by atoms with Gasteiger partial charge in [-0.3, -0.25) is 19.8 Å². The molecule has 1 aliphatic rings. The Balaban J connectivity index is 1.62. The molecule has 3 N–H and O–H groups in total. The summed E-state index contributed by atoms with van der Waals surface area (Å²) in [5.74, 6) is -4.07. The fourth-order valence-electron chi connectivity index (χ4n) is 3.28. The van der Waals surface area contributed by atoms with Gasteiger partial charge in [0.15, 0.2) is 5.69 Å². The van der Waals surface area contributed by atoms with Gasteiger partial charge in [-0.15, -0.1) is 0 Å². The van der Waals surface area contributed by atoms with Gasteiger partial charge in [0.05, 0.1) is 6.61 Å². The number of carbonyl (C=O) groups excluding carboxylic acids is 3. The minimum Gasteiger partial charge on any atom is -0.381 e. The summed E-state index contributed by atoms with van der Waals surface area (Å²) in [5, 5.41) is 19.1. The number of hydrogen-bond donors (Lipinski definition) is 3. The van der Waals surface area contributed by atoms with Crippen LogP contribution in [0.25, 0.3) is 0 Å². The molecule has 2 aromatic rings. The molecule has 13 heteroatoms. The highest BCUT2D eigenvalue weighted by Gasteiger charge is 2.39. The molecule has 10 nitrogen and oxygen atoms in total. The molecule has 1 atom stereocenters. The van der Waals surface area contributed by atoms with Crippen LogP contribution in [-0.2, 0) is 9.53 Å². The number of ketones is 1. The Labute approximate surface area is 197 Å². The third kappa shape index (κ3) is 6.82. The number of aryl methyl sites for hydroxylation is 1. The Hall–Kier alpha value is -3.87. The van der Waals surface area contributed by atoms with Crippen LogP contribution >= 0.6 is 0 Å². The van der Waals surface area contributed by atoms with Gasteiger partial charge in [-0.1, -0.05) is 23.4 Å². The zero-order valence-corrected chi connectivity index (χ0v) is 18.6. The molecular weight excluding hydrogens is 471 g/mol. The lowest BCUT2D eigenvalue weighted by atomic mass is 9.96. The van der Waals surface area contributed by atoms with Crippen LogP contribution in [0.5, 0.6) is 0 Å². The summed E-state index contributed by atoms with van der Waals surface area (Å²) >= 11 is 0. The molecule has 1 aliphatic heterocycles. The van der Waals surface area contributed by atoms with E-state index in [-0.39, 0.29) is 41.7 Å². The highest BCUT2D eigenvalue weighted by Crippen LogP contribution is 2.19. The first-order valence-electron chi connectivity index (χ1n) is 10.5. The molecule has 186 valence electrons. The number of amidine groups is 1. The van der Waals surface area contributed by atoms with Gasteiger partial charge in [-0.2, -0.15) is 13.2 Å². The van der Waals surface area contributed by atoms with Gasteiger partial charge >= 0.3 is 12.1 Å². The van der Waals surface area contributed by atoms with Crippen LogP contribution in [0, 0.1) is 18.3 Å².